The molecule has 2 aromatic rings. The van der Waals surface area contributed by atoms with Crippen LogP contribution in [0.4, 0.5) is 11.6 Å². The minimum atomic E-state index is 0.00601. The van der Waals surface area contributed by atoms with E-state index in [-0.39, 0.29) is 6.04 Å². The monoisotopic (exact) mass is 496 g/mol. The van der Waals surface area contributed by atoms with Crippen LogP contribution in [0, 0.1) is 24.2 Å². The Morgan fingerprint density at radius 3 is 2.83 bits per heavy atom. The standard InChI is InChI=1S/C27H37ClN6O/c1-18-13-23(28)8-9-24(18)20(3)31-27-26(19(2)29)30-14-25(32-27)34-16-22(17-34)21-7-6-11-33(15-21)10-4-5-12-35/h8-9,12-14,20-22,29H,4-7,10-11,15-17H2,1-3H3,(H,31,32). The molecule has 1 aromatic heterocycles. The van der Waals surface area contributed by atoms with Gasteiger partial charge in [-0.2, -0.15) is 0 Å². The minimum absolute atomic E-state index is 0.00601. The molecule has 0 aliphatic carbocycles. The Hall–Kier alpha value is -2.51. The molecule has 2 fully saturated rings. The summed E-state index contributed by atoms with van der Waals surface area (Å²) in [6.45, 7) is 11.2. The number of likely N-dealkylation sites (tertiary alicyclic amines) is 1. The molecule has 7 nitrogen and oxygen atoms in total. The number of hydrogen-bond acceptors (Lipinski definition) is 7. The summed E-state index contributed by atoms with van der Waals surface area (Å²) in [5, 5.41) is 12.4. The van der Waals surface area contributed by atoms with E-state index >= 15 is 0 Å². The Balaban J connectivity index is 1.41. The Bertz CT molecular complexity index is 1050. The third-order valence-corrected chi connectivity index (χ3v) is 7.64. The van der Waals surface area contributed by atoms with Crippen molar-refractivity contribution in [3.05, 3.63) is 46.2 Å². The van der Waals surface area contributed by atoms with Crippen LogP contribution in [0.15, 0.2) is 24.4 Å². The lowest BCUT2D eigenvalue weighted by Gasteiger charge is -2.47. The van der Waals surface area contributed by atoms with Crippen molar-refractivity contribution in [1.29, 1.82) is 5.41 Å². The fourth-order valence-corrected chi connectivity index (χ4v) is 5.62. The number of benzene rings is 1. The lowest BCUT2D eigenvalue weighted by Crippen LogP contribution is -2.54. The van der Waals surface area contributed by atoms with Gasteiger partial charge in [0.05, 0.1) is 18.0 Å². The number of piperidine rings is 1. The first-order valence-corrected chi connectivity index (χ1v) is 13.1. The van der Waals surface area contributed by atoms with E-state index < -0.39 is 0 Å². The number of aryl methyl sites for hydroxylation is 1. The fourth-order valence-electron chi connectivity index (χ4n) is 5.39. The minimum Gasteiger partial charge on any atom is -0.362 e. The molecule has 2 aliphatic heterocycles. The molecule has 0 saturated carbocycles. The van der Waals surface area contributed by atoms with Gasteiger partial charge in [0, 0.05) is 31.1 Å². The first-order chi connectivity index (χ1) is 16.9. The average molecular weight is 497 g/mol. The molecule has 4 rings (SSSR count). The molecule has 188 valence electrons. The summed E-state index contributed by atoms with van der Waals surface area (Å²) in [5.41, 5.74) is 3.25. The normalized spacial score (nSPS) is 19.8. The van der Waals surface area contributed by atoms with Crippen LogP contribution in [0.1, 0.15) is 62.4 Å². The van der Waals surface area contributed by atoms with E-state index in [4.69, 9.17) is 22.0 Å². The number of nitrogens with zero attached hydrogens (tertiary/aromatic N) is 4. The maximum Gasteiger partial charge on any atom is 0.156 e. The number of carbonyl (C=O) groups excluding carboxylic acids is 1. The van der Waals surface area contributed by atoms with Gasteiger partial charge in [-0.15, -0.1) is 0 Å². The largest absolute Gasteiger partial charge is 0.362 e. The van der Waals surface area contributed by atoms with Crippen LogP contribution in [0.25, 0.3) is 0 Å². The van der Waals surface area contributed by atoms with Crippen LogP contribution < -0.4 is 10.2 Å². The third kappa shape index (κ3) is 6.19. The summed E-state index contributed by atoms with van der Waals surface area (Å²) in [6.07, 6.45) is 6.98. The molecule has 2 aliphatic rings. The van der Waals surface area contributed by atoms with E-state index in [1.54, 1.807) is 13.1 Å². The van der Waals surface area contributed by atoms with E-state index in [0.29, 0.717) is 35.5 Å². The zero-order valence-corrected chi connectivity index (χ0v) is 21.8. The second-order valence-electron chi connectivity index (χ2n) is 10.1. The van der Waals surface area contributed by atoms with Gasteiger partial charge in [-0.1, -0.05) is 17.7 Å². The molecular formula is C27H37ClN6O. The van der Waals surface area contributed by atoms with Gasteiger partial charge in [0.15, 0.2) is 5.82 Å². The maximum absolute atomic E-state index is 10.6. The molecule has 2 atom stereocenters. The van der Waals surface area contributed by atoms with Crippen LogP contribution in [0.2, 0.25) is 5.02 Å². The highest BCUT2D eigenvalue weighted by Crippen LogP contribution is 2.34. The smallest absolute Gasteiger partial charge is 0.156 e. The third-order valence-electron chi connectivity index (χ3n) is 7.41. The molecule has 0 amide bonds. The number of rotatable bonds is 10. The molecule has 0 spiro atoms. The summed E-state index contributed by atoms with van der Waals surface area (Å²) in [7, 11) is 0. The highest BCUT2D eigenvalue weighted by molar-refractivity contribution is 6.30. The number of nitrogens with one attached hydrogen (secondary N) is 2. The van der Waals surface area contributed by atoms with Crippen LogP contribution >= 0.6 is 11.6 Å². The zero-order valence-electron chi connectivity index (χ0n) is 21.1. The van der Waals surface area contributed by atoms with Crippen molar-refractivity contribution in [2.45, 2.75) is 52.5 Å². The Morgan fingerprint density at radius 1 is 1.31 bits per heavy atom. The van der Waals surface area contributed by atoms with E-state index in [1.807, 2.05) is 18.2 Å². The van der Waals surface area contributed by atoms with Gasteiger partial charge in [0.2, 0.25) is 0 Å². The molecule has 2 unspecified atom stereocenters. The fraction of sp³-hybridized carbons (Fsp3) is 0.556. The van der Waals surface area contributed by atoms with Gasteiger partial charge in [0.1, 0.15) is 17.8 Å². The summed E-state index contributed by atoms with van der Waals surface area (Å²) >= 11 is 6.14. The molecule has 2 N–H and O–H groups in total. The van der Waals surface area contributed by atoms with Crippen LogP contribution in [-0.2, 0) is 4.79 Å². The molecular weight excluding hydrogens is 460 g/mol. The maximum atomic E-state index is 10.6. The zero-order chi connectivity index (χ0) is 24.9. The predicted octanol–water partition coefficient (Wildman–Crippen LogP) is 5.13. The quantitative estimate of drug-likeness (QED) is 0.269. The van der Waals surface area contributed by atoms with Crippen LogP contribution in [0.3, 0.4) is 0 Å². The Labute approximate surface area is 213 Å². The second kappa shape index (κ2) is 11.5. The van der Waals surface area contributed by atoms with E-state index in [2.05, 4.69) is 33.9 Å². The van der Waals surface area contributed by atoms with E-state index in [9.17, 15) is 4.79 Å². The highest BCUT2D eigenvalue weighted by atomic mass is 35.5. The number of aromatic nitrogens is 2. The van der Waals surface area contributed by atoms with E-state index in [1.165, 1.54) is 12.8 Å². The van der Waals surface area contributed by atoms with Crippen LogP contribution in [0.5, 0.6) is 0 Å². The number of halogens is 1. The lowest BCUT2D eigenvalue weighted by atomic mass is 9.80. The van der Waals surface area contributed by atoms with Gasteiger partial charge in [-0.3, -0.25) is 0 Å². The SMILES string of the molecule is CC(=N)c1ncc(N2CC(C3CCCN(CCCC=O)C3)C2)nc1NC(C)c1ccc(Cl)cc1C. The molecule has 35 heavy (non-hydrogen) atoms. The Morgan fingerprint density at radius 2 is 2.11 bits per heavy atom. The predicted molar refractivity (Wildman–Crippen MR) is 143 cm³/mol. The van der Waals surface area contributed by atoms with Crippen molar-refractivity contribution in [2.24, 2.45) is 11.8 Å². The molecule has 2 saturated heterocycles. The topological polar surface area (TPSA) is 85.2 Å². The Kier molecular flexibility index (Phi) is 8.39. The van der Waals surface area contributed by atoms with Crippen molar-refractivity contribution < 1.29 is 4.79 Å². The average Bonchev–Trinajstić information content (AvgIpc) is 2.78. The van der Waals surface area contributed by atoms with Crippen molar-refractivity contribution in [2.75, 3.05) is 42.9 Å². The van der Waals surface area contributed by atoms with Crippen molar-refractivity contribution in [3.63, 3.8) is 0 Å². The summed E-state index contributed by atoms with van der Waals surface area (Å²) in [4.78, 5) is 25.0. The highest BCUT2D eigenvalue weighted by Gasteiger charge is 2.36. The summed E-state index contributed by atoms with van der Waals surface area (Å²) < 4.78 is 0. The molecule has 3 heterocycles. The molecule has 8 heteroatoms. The number of hydrogen-bond donors (Lipinski definition) is 2. The van der Waals surface area contributed by atoms with Crippen molar-refractivity contribution >= 4 is 35.2 Å². The first kappa shape index (κ1) is 25.6. The van der Waals surface area contributed by atoms with Crippen molar-refractivity contribution in [3.8, 4) is 0 Å². The summed E-state index contributed by atoms with van der Waals surface area (Å²) in [5.74, 6) is 2.89. The van der Waals surface area contributed by atoms with Gasteiger partial charge in [0.25, 0.3) is 0 Å². The number of anilines is 2. The van der Waals surface area contributed by atoms with Crippen molar-refractivity contribution in [1.82, 2.24) is 14.9 Å². The molecule has 0 bridgehead atoms. The van der Waals surface area contributed by atoms with E-state index in [0.717, 1.165) is 67.4 Å². The van der Waals surface area contributed by atoms with Crippen LogP contribution in [-0.4, -0.2) is 59.6 Å². The van der Waals surface area contributed by atoms with Gasteiger partial charge in [-0.05, 0) is 88.2 Å². The molecule has 0 radical (unpaired) electrons. The number of unbranched alkanes of at least 4 members (excludes halogenated alkanes) is 1. The molecule has 1 aromatic carbocycles. The second-order valence-corrected chi connectivity index (χ2v) is 10.5. The first-order valence-electron chi connectivity index (χ1n) is 12.7. The van der Waals surface area contributed by atoms with Gasteiger partial charge in [-0.25, -0.2) is 9.97 Å². The van der Waals surface area contributed by atoms with Gasteiger partial charge < -0.3 is 25.3 Å². The number of carbonyl (C=O) groups is 1. The van der Waals surface area contributed by atoms with Gasteiger partial charge >= 0.3 is 0 Å². The number of aldehydes is 1. The lowest BCUT2D eigenvalue weighted by molar-refractivity contribution is -0.108. The summed E-state index contributed by atoms with van der Waals surface area (Å²) in [6, 6.07) is 5.92.